The summed E-state index contributed by atoms with van der Waals surface area (Å²) < 4.78 is 0. The third-order valence-electron chi connectivity index (χ3n) is 4.47. The lowest BCUT2D eigenvalue weighted by molar-refractivity contribution is 0.112. The minimum absolute atomic E-state index is 0.265. The lowest BCUT2D eigenvalue weighted by Crippen LogP contribution is -2.20. The molecule has 0 unspecified atom stereocenters. The van der Waals surface area contributed by atoms with E-state index in [9.17, 15) is 4.79 Å². The van der Waals surface area contributed by atoms with Crippen molar-refractivity contribution in [1.29, 1.82) is 0 Å². The van der Waals surface area contributed by atoms with Crippen molar-refractivity contribution in [3.05, 3.63) is 113 Å². The standard InChI is InChI=1S/C23H20O/c1-23(21-12-4-2-5-13-21,22-14-6-3-7-15-22)17-16-19-10-8-9-11-20(19)18-24/h2-18H,1H3. The first-order chi connectivity index (χ1) is 11.7. The molecule has 1 heteroatoms. The molecular formula is C23H20O. The van der Waals surface area contributed by atoms with Crippen LogP contribution >= 0.6 is 0 Å². The number of carbonyl (C=O) groups excluding carboxylic acids is 1. The Balaban J connectivity index is 2.09. The monoisotopic (exact) mass is 312 g/mol. The summed E-state index contributed by atoms with van der Waals surface area (Å²) in [7, 11) is 0. The van der Waals surface area contributed by atoms with E-state index < -0.39 is 0 Å². The van der Waals surface area contributed by atoms with Crippen LogP contribution in [0, 0.1) is 0 Å². The second-order valence-electron chi connectivity index (χ2n) is 6.01. The van der Waals surface area contributed by atoms with Crippen LogP contribution in [0.4, 0.5) is 0 Å². The SMILES string of the molecule is CC(C=Cc1ccccc1C=O)(c1ccccc1)c1ccccc1. The molecule has 0 saturated heterocycles. The van der Waals surface area contributed by atoms with Gasteiger partial charge in [-0.15, -0.1) is 0 Å². The second-order valence-corrected chi connectivity index (χ2v) is 6.01. The predicted molar refractivity (Wildman–Crippen MR) is 100 cm³/mol. The summed E-state index contributed by atoms with van der Waals surface area (Å²) in [5.41, 5.74) is 3.81. The summed E-state index contributed by atoms with van der Waals surface area (Å²) in [6, 6.07) is 28.5. The Morgan fingerprint density at radius 1 is 0.667 bits per heavy atom. The van der Waals surface area contributed by atoms with Gasteiger partial charge in [0.05, 0.1) is 0 Å². The van der Waals surface area contributed by atoms with Gasteiger partial charge >= 0.3 is 0 Å². The second kappa shape index (κ2) is 7.10. The molecule has 0 saturated carbocycles. The predicted octanol–water partition coefficient (Wildman–Crippen LogP) is 5.52. The van der Waals surface area contributed by atoms with Crippen LogP contribution in [0.3, 0.4) is 0 Å². The van der Waals surface area contributed by atoms with E-state index in [0.717, 1.165) is 11.8 Å². The molecule has 0 spiro atoms. The summed E-state index contributed by atoms with van der Waals surface area (Å²) in [4.78, 5) is 11.3. The topological polar surface area (TPSA) is 17.1 Å². The van der Waals surface area contributed by atoms with Gasteiger partial charge in [0.1, 0.15) is 0 Å². The molecule has 3 rings (SSSR count). The van der Waals surface area contributed by atoms with Crippen LogP contribution in [0.15, 0.2) is 91.0 Å². The van der Waals surface area contributed by atoms with Crippen molar-refractivity contribution in [2.45, 2.75) is 12.3 Å². The number of rotatable bonds is 5. The van der Waals surface area contributed by atoms with E-state index >= 15 is 0 Å². The number of aldehydes is 1. The van der Waals surface area contributed by atoms with Crippen LogP contribution < -0.4 is 0 Å². The van der Waals surface area contributed by atoms with E-state index in [0.29, 0.717) is 5.56 Å². The minimum Gasteiger partial charge on any atom is -0.298 e. The quantitative estimate of drug-likeness (QED) is 0.567. The van der Waals surface area contributed by atoms with Crippen LogP contribution in [-0.2, 0) is 5.41 Å². The molecule has 3 aromatic rings. The van der Waals surface area contributed by atoms with E-state index in [1.54, 1.807) is 0 Å². The van der Waals surface area contributed by atoms with Crippen molar-refractivity contribution in [3.63, 3.8) is 0 Å². The van der Waals surface area contributed by atoms with Crippen molar-refractivity contribution in [3.8, 4) is 0 Å². The van der Waals surface area contributed by atoms with Gasteiger partial charge in [0.25, 0.3) is 0 Å². The average Bonchev–Trinajstić information content (AvgIpc) is 2.67. The summed E-state index contributed by atoms with van der Waals surface area (Å²) in [5, 5.41) is 0. The fourth-order valence-corrected chi connectivity index (χ4v) is 2.95. The van der Waals surface area contributed by atoms with E-state index in [-0.39, 0.29) is 5.41 Å². The molecule has 0 aromatic heterocycles. The lowest BCUT2D eigenvalue weighted by atomic mass is 9.75. The van der Waals surface area contributed by atoms with Crippen LogP contribution in [0.25, 0.3) is 6.08 Å². The Morgan fingerprint density at radius 3 is 1.62 bits per heavy atom. The Bertz CT molecular complexity index is 793. The first-order valence-corrected chi connectivity index (χ1v) is 8.08. The first-order valence-electron chi connectivity index (χ1n) is 8.08. The molecular weight excluding hydrogens is 292 g/mol. The molecule has 0 heterocycles. The van der Waals surface area contributed by atoms with Crippen LogP contribution in [0.1, 0.15) is 34.0 Å². The number of carbonyl (C=O) groups is 1. The van der Waals surface area contributed by atoms with Gasteiger partial charge in [-0.05, 0) is 23.6 Å². The Morgan fingerprint density at radius 2 is 1.12 bits per heavy atom. The molecule has 0 atom stereocenters. The van der Waals surface area contributed by atoms with Crippen molar-refractivity contribution in [1.82, 2.24) is 0 Å². The summed E-state index contributed by atoms with van der Waals surface area (Å²) in [6.45, 7) is 2.21. The molecule has 3 aromatic carbocycles. The maximum atomic E-state index is 11.3. The molecule has 0 aliphatic heterocycles. The van der Waals surface area contributed by atoms with Crippen molar-refractivity contribution in [2.75, 3.05) is 0 Å². The highest BCUT2D eigenvalue weighted by atomic mass is 16.1. The highest BCUT2D eigenvalue weighted by Crippen LogP contribution is 2.34. The Labute approximate surface area is 143 Å². The molecule has 0 amide bonds. The molecule has 0 fully saturated rings. The largest absolute Gasteiger partial charge is 0.298 e. The van der Waals surface area contributed by atoms with Crippen molar-refractivity contribution >= 4 is 12.4 Å². The lowest BCUT2D eigenvalue weighted by Gasteiger charge is -2.27. The van der Waals surface area contributed by atoms with E-state index in [1.807, 2.05) is 42.5 Å². The Kier molecular flexibility index (Phi) is 4.72. The zero-order chi connectivity index (χ0) is 16.8. The molecule has 0 aliphatic carbocycles. The van der Waals surface area contributed by atoms with Gasteiger partial charge in [-0.2, -0.15) is 0 Å². The molecule has 0 bridgehead atoms. The zero-order valence-electron chi connectivity index (χ0n) is 13.7. The molecule has 118 valence electrons. The van der Waals surface area contributed by atoms with E-state index in [4.69, 9.17) is 0 Å². The van der Waals surface area contributed by atoms with Gasteiger partial charge in [-0.3, -0.25) is 4.79 Å². The average molecular weight is 312 g/mol. The van der Waals surface area contributed by atoms with Gasteiger partial charge in [0.15, 0.2) is 6.29 Å². The molecule has 0 radical (unpaired) electrons. The number of allylic oxidation sites excluding steroid dienone is 1. The summed E-state index contributed by atoms with van der Waals surface area (Å²) in [6.07, 6.45) is 5.13. The number of hydrogen-bond acceptors (Lipinski definition) is 1. The molecule has 24 heavy (non-hydrogen) atoms. The smallest absolute Gasteiger partial charge is 0.150 e. The molecule has 1 nitrogen and oxygen atoms in total. The molecule has 0 N–H and O–H groups in total. The highest BCUT2D eigenvalue weighted by Gasteiger charge is 2.25. The van der Waals surface area contributed by atoms with Gasteiger partial charge in [-0.25, -0.2) is 0 Å². The third kappa shape index (κ3) is 3.21. The first kappa shape index (κ1) is 15.9. The number of hydrogen-bond donors (Lipinski definition) is 0. The van der Waals surface area contributed by atoms with E-state index in [1.165, 1.54) is 11.1 Å². The van der Waals surface area contributed by atoms with Crippen molar-refractivity contribution in [2.24, 2.45) is 0 Å². The van der Waals surface area contributed by atoms with Crippen LogP contribution in [-0.4, -0.2) is 6.29 Å². The fourth-order valence-electron chi connectivity index (χ4n) is 2.95. The maximum absolute atomic E-state index is 11.3. The van der Waals surface area contributed by atoms with Gasteiger partial charge in [-0.1, -0.05) is 97.1 Å². The summed E-state index contributed by atoms with van der Waals surface area (Å²) >= 11 is 0. The van der Waals surface area contributed by atoms with Gasteiger partial charge in [0.2, 0.25) is 0 Å². The van der Waals surface area contributed by atoms with Crippen LogP contribution in [0.2, 0.25) is 0 Å². The number of benzene rings is 3. The Hall–Kier alpha value is -2.93. The third-order valence-corrected chi connectivity index (χ3v) is 4.47. The summed E-state index contributed by atoms with van der Waals surface area (Å²) in [5.74, 6) is 0. The minimum atomic E-state index is -0.265. The van der Waals surface area contributed by atoms with E-state index in [2.05, 4.69) is 61.5 Å². The van der Waals surface area contributed by atoms with Gasteiger partial charge < -0.3 is 0 Å². The van der Waals surface area contributed by atoms with Crippen LogP contribution in [0.5, 0.6) is 0 Å². The molecule has 0 aliphatic rings. The normalized spacial score (nSPS) is 11.5. The fraction of sp³-hybridized carbons (Fsp3) is 0.0870. The maximum Gasteiger partial charge on any atom is 0.150 e. The zero-order valence-corrected chi connectivity index (χ0v) is 13.7. The van der Waals surface area contributed by atoms with Gasteiger partial charge in [0, 0.05) is 11.0 Å². The highest BCUT2D eigenvalue weighted by molar-refractivity contribution is 5.82. The van der Waals surface area contributed by atoms with Crippen molar-refractivity contribution < 1.29 is 4.79 Å².